The van der Waals surface area contributed by atoms with E-state index >= 15 is 0 Å². The SMILES string of the molecule is C.CCCC[C@](C)(CC)C(C)C.CCCC[C@](C)(CCC(C)=O)C(C)C.CCC[C@](C)(CC)C(C)C. The van der Waals surface area contributed by atoms with Gasteiger partial charge in [-0.25, -0.2) is 0 Å². The van der Waals surface area contributed by atoms with Crippen molar-refractivity contribution in [1.29, 1.82) is 0 Å². The quantitative estimate of drug-likeness (QED) is 0.201. The Balaban J connectivity index is -0.000000214. The van der Waals surface area contributed by atoms with Crippen LogP contribution < -0.4 is 0 Å². The van der Waals surface area contributed by atoms with Crippen LogP contribution in [-0.4, -0.2) is 5.78 Å². The van der Waals surface area contributed by atoms with Crippen LogP contribution in [0.2, 0.25) is 0 Å². The smallest absolute Gasteiger partial charge is 0.129 e. The lowest BCUT2D eigenvalue weighted by atomic mass is 9.72. The Morgan fingerprint density at radius 1 is 0.556 bits per heavy atom. The first kappa shape index (κ1) is 42.7. The number of hydrogen-bond donors (Lipinski definition) is 0. The van der Waals surface area contributed by atoms with Crippen LogP contribution >= 0.6 is 0 Å². The van der Waals surface area contributed by atoms with E-state index in [1.54, 1.807) is 6.92 Å². The normalized spacial score (nSPS) is 16.1. The molecule has 0 aliphatic rings. The molecule has 0 saturated carbocycles. The molecule has 36 heavy (non-hydrogen) atoms. The molecular formula is C35H76O. The Morgan fingerprint density at radius 3 is 1.11 bits per heavy atom. The van der Waals surface area contributed by atoms with Crippen molar-refractivity contribution in [1.82, 2.24) is 0 Å². The van der Waals surface area contributed by atoms with Gasteiger partial charge in [-0.2, -0.15) is 0 Å². The minimum atomic E-state index is 0. The van der Waals surface area contributed by atoms with E-state index in [0.717, 1.165) is 24.7 Å². The lowest BCUT2D eigenvalue weighted by Gasteiger charge is -2.33. The van der Waals surface area contributed by atoms with E-state index in [2.05, 4.69) is 96.9 Å². The van der Waals surface area contributed by atoms with Crippen LogP contribution in [0.3, 0.4) is 0 Å². The van der Waals surface area contributed by atoms with Gasteiger partial charge in [0.1, 0.15) is 5.78 Å². The van der Waals surface area contributed by atoms with Crippen molar-refractivity contribution in [2.24, 2.45) is 34.0 Å². The number of rotatable bonds is 16. The number of hydrogen-bond acceptors (Lipinski definition) is 1. The second-order valence-electron chi connectivity index (χ2n) is 13.3. The lowest BCUT2D eigenvalue weighted by Crippen LogP contribution is -2.24. The molecule has 0 spiro atoms. The molecule has 0 heterocycles. The number of carbonyl (C=O) groups excluding carboxylic acids is 1. The first-order valence-corrected chi connectivity index (χ1v) is 15.5. The second kappa shape index (κ2) is 22.6. The molecule has 0 bridgehead atoms. The highest BCUT2D eigenvalue weighted by Gasteiger charge is 2.27. The molecule has 1 heteroatoms. The van der Waals surface area contributed by atoms with Gasteiger partial charge in [-0.3, -0.25) is 0 Å². The van der Waals surface area contributed by atoms with Crippen LogP contribution in [0, 0.1) is 34.0 Å². The van der Waals surface area contributed by atoms with Crippen LogP contribution in [0.15, 0.2) is 0 Å². The first-order valence-electron chi connectivity index (χ1n) is 15.5. The second-order valence-corrected chi connectivity index (χ2v) is 13.3. The standard InChI is InChI=1S/C13H26O.C11H24.C10H22.CH4/c1-6-7-9-13(5,11(2)3)10-8-12(4)14;1-6-8-9-11(5,7-2)10(3)4;1-6-8-10(5,7-2)9(3)4;/h11H,6-10H2,1-5H3;10H,6-9H2,1-5H3;9H,6-8H2,1-5H3;1H4/t13-;11-;10-;/m100./s1. The zero-order valence-electron chi connectivity index (χ0n) is 27.6. The number of carbonyl (C=O) groups is 1. The van der Waals surface area contributed by atoms with Gasteiger partial charge in [-0.05, 0) is 66.6 Å². The molecule has 0 amide bonds. The Labute approximate surface area is 232 Å². The third-order valence-corrected chi connectivity index (χ3v) is 9.87. The molecular weight excluding hydrogens is 436 g/mol. The molecule has 0 rings (SSSR count). The molecule has 0 aliphatic carbocycles. The van der Waals surface area contributed by atoms with E-state index in [1.807, 2.05) is 0 Å². The average Bonchev–Trinajstić information content (AvgIpc) is 2.80. The minimum Gasteiger partial charge on any atom is -0.300 e. The molecule has 0 radical (unpaired) electrons. The predicted octanol–water partition coefficient (Wildman–Crippen LogP) is 13.0. The van der Waals surface area contributed by atoms with Gasteiger partial charge in [-0.1, -0.05) is 149 Å². The summed E-state index contributed by atoms with van der Waals surface area (Å²) in [5, 5.41) is 0. The van der Waals surface area contributed by atoms with Crippen LogP contribution in [0.1, 0.15) is 188 Å². The molecule has 0 aromatic carbocycles. The van der Waals surface area contributed by atoms with Gasteiger partial charge in [0.2, 0.25) is 0 Å². The summed E-state index contributed by atoms with van der Waals surface area (Å²) in [6, 6.07) is 0. The van der Waals surface area contributed by atoms with Crippen LogP contribution in [-0.2, 0) is 4.79 Å². The largest absolute Gasteiger partial charge is 0.300 e. The maximum Gasteiger partial charge on any atom is 0.129 e. The van der Waals surface area contributed by atoms with Gasteiger partial charge >= 0.3 is 0 Å². The Morgan fingerprint density at radius 2 is 0.889 bits per heavy atom. The highest BCUT2D eigenvalue weighted by molar-refractivity contribution is 5.75. The minimum absolute atomic E-state index is 0. The third-order valence-electron chi connectivity index (χ3n) is 9.87. The van der Waals surface area contributed by atoms with Gasteiger partial charge in [0.15, 0.2) is 0 Å². The fraction of sp³-hybridized carbons (Fsp3) is 0.971. The zero-order valence-corrected chi connectivity index (χ0v) is 27.6. The van der Waals surface area contributed by atoms with Gasteiger partial charge in [-0.15, -0.1) is 0 Å². The van der Waals surface area contributed by atoms with Gasteiger partial charge in [0.05, 0.1) is 0 Å². The van der Waals surface area contributed by atoms with E-state index < -0.39 is 0 Å². The highest BCUT2D eigenvalue weighted by Crippen LogP contribution is 2.38. The topological polar surface area (TPSA) is 17.1 Å². The summed E-state index contributed by atoms with van der Waals surface area (Å²) >= 11 is 0. The Kier molecular flexibility index (Phi) is 26.9. The van der Waals surface area contributed by atoms with Crippen LogP contribution in [0.25, 0.3) is 0 Å². The Bertz CT molecular complexity index is 491. The average molecular weight is 513 g/mol. The fourth-order valence-electron chi connectivity index (χ4n) is 4.64. The molecule has 0 fully saturated rings. The summed E-state index contributed by atoms with van der Waals surface area (Å²) in [6.45, 7) is 34.2. The van der Waals surface area contributed by atoms with Crippen LogP contribution in [0.5, 0.6) is 0 Å². The molecule has 222 valence electrons. The van der Waals surface area contributed by atoms with Crippen LogP contribution in [0.4, 0.5) is 0 Å². The molecule has 0 aromatic rings. The molecule has 0 aromatic heterocycles. The third kappa shape index (κ3) is 18.8. The van der Waals surface area contributed by atoms with Crippen molar-refractivity contribution < 1.29 is 4.79 Å². The first-order chi connectivity index (χ1) is 16.0. The van der Waals surface area contributed by atoms with Gasteiger partial charge < -0.3 is 4.79 Å². The number of ketones is 1. The molecule has 0 aliphatic heterocycles. The lowest BCUT2D eigenvalue weighted by molar-refractivity contribution is -0.117. The van der Waals surface area contributed by atoms with Crippen molar-refractivity contribution in [2.75, 3.05) is 0 Å². The van der Waals surface area contributed by atoms with E-state index in [-0.39, 0.29) is 7.43 Å². The van der Waals surface area contributed by atoms with Crippen molar-refractivity contribution in [3.05, 3.63) is 0 Å². The van der Waals surface area contributed by atoms with E-state index in [9.17, 15) is 4.79 Å². The monoisotopic (exact) mass is 513 g/mol. The van der Waals surface area contributed by atoms with Crippen molar-refractivity contribution in [2.45, 2.75) is 188 Å². The number of Topliss-reactive ketones (excluding diaryl/α,β-unsaturated/α-hetero) is 1. The Hall–Kier alpha value is -0.330. The molecule has 0 N–H and O–H groups in total. The molecule has 1 nitrogen and oxygen atoms in total. The summed E-state index contributed by atoms with van der Waals surface area (Å²) in [4.78, 5) is 11.0. The summed E-state index contributed by atoms with van der Waals surface area (Å²) in [6.07, 6.45) is 15.1. The van der Waals surface area contributed by atoms with Gasteiger partial charge in [0, 0.05) is 6.42 Å². The number of unbranched alkanes of at least 4 members (excludes halogenated alkanes) is 2. The zero-order chi connectivity index (χ0) is 28.3. The fourth-order valence-corrected chi connectivity index (χ4v) is 4.64. The maximum atomic E-state index is 11.0. The molecule has 0 unspecified atom stereocenters. The van der Waals surface area contributed by atoms with E-state index in [0.29, 0.717) is 27.9 Å². The van der Waals surface area contributed by atoms with Crippen molar-refractivity contribution in [3.8, 4) is 0 Å². The summed E-state index contributed by atoms with van der Waals surface area (Å²) < 4.78 is 0. The highest BCUT2D eigenvalue weighted by atomic mass is 16.1. The maximum absolute atomic E-state index is 11.0. The van der Waals surface area contributed by atoms with Crippen molar-refractivity contribution >= 4 is 5.78 Å². The van der Waals surface area contributed by atoms with E-state index in [4.69, 9.17) is 0 Å². The van der Waals surface area contributed by atoms with E-state index in [1.165, 1.54) is 64.2 Å². The predicted molar refractivity (Wildman–Crippen MR) is 170 cm³/mol. The molecule has 3 atom stereocenters. The summed E-state index contributed by atoms with van der Waals surface area (Å²) in [7, 11) is 0. The van der Waals surface area contributed by atoms with Gasteiger partial charge in [0.25, 0.3) is 0 Å². The summed E-state index contributed by atoms with van der Waals surface area (Å²) in [5.41, 5.74) is 1.55. The summed E-state index contributed by atoms with van der Waals surface area (Å²) in [5.74, 6) is 2.67. The van der Waals surface area contributed by atoms with Crippen molar-refractivity contribution in [3.63, 3.8) is 0 Å². The molecule has 0 saturated heterocycles.